The number of hydrogen-bond donors (Lipinski definition) is 1. The number of fused-ring (bicyclic) bond motifs is 1. The molecule has 3 nitrogen and oxygen atoms in total. The lowest BCUT2D eigenvalue weighted by molar-refractivity contribution is 0.598. The van der Waals surface area contributed by atoms with Crippen molar-refractivity contribution in [2.24, 2.45) is 5.73 Å². The van der Waals surface area contributed by atoms with Crippen LogP contribution in [0.15, 0.2) is 23.1 Å². The first-order valence-corrected chi connectivity index (χ1v) is 7.16. The molecule has 1 aliphatic rings. The fourth-order valence-corrected chi connectivity index (χ4v) is 4.19. The number of benzene rings is 1. The lowest BCUT2D eigenvalue weighted by atomic mass is 9.98. The Hall–Kier alpha value is -0.870. The van der Waals surface area contributed by atoms with E-state index in [9.17, 15) is 8.42 Å². The molecule has 0 saturated heterocycles. The molecule has 0 fully saturated rings. The molecule has 1 heterocycles. The molecule has 16 heavy (non-hydrogen) atoms. The van der Waals surface area contributed by atoms with Crippen LogP contribution in [-0.2, 0) is 16.3 Å². The molecule has 88 valence electrons. The highest BCUT2D eigenvalue weighted by Gasteiger charge is 2.31. The van der Waals surface area contributed by atoms with Crippen molar-refractivity contribution >= 4 is 9.84 Å². The molecule has 0 saturated carbocycles. The average Bonchev–Trinajstić information content (AvgIpc) is 2.36. The Morgan fingerprint density at radius 3 is 2.81 bits per heavy atom. The normalized spacial score (nSPS) is 24.1. The minimum absolute atomic E-state index is 0.103. The molecule has 0 aromatic heterocycles. The third-order valence-electron chi connectivity index (χ3n) is 2.97. The van der Waals surface area contributed by atoms with Crippen molar-refractivity contribution in [3.05, 3.63) is 29.3 Å². The van der Waals surface area contributed by atoms with Gasteiger partial charge in [0.15, 0.2) is 9.84 Å². The van der Waals surface area contributed by atoms with Gasteiger partial charge in [-0.1, -0.05) is 19.1 Å². The van der Waals surface area contributed by atoms with Crippen LogP contribution in [0.25, 0.3) is 0 Å². The molecule has 0 radical (unpaired) electrons. The Morgan fingerprint density at radius 1 is 1.50 bits per heavy atom. The van der Waals surface area contributed by atoms with Gasteiger partial charge in [-0.3, -0.25) is 0 Å². The summed E-state index contributed by atoms with van der Waals surface area (Å²) in [5.41, 5.74) is 7.82. The Labute approximate surface area is 96.6 Å². The van der Waals surface area contributed by atoms with Gasteiger partial charge in [0.1, 0.15) is 0 Å². The van der Waals surface area contributed by atoms with Crippen molar-refractivity contribution in [2.75, 3.05) is 5.75 Å². The zero-order valence-corrected chi connectivity index (χ0v) is 10.4. The van der Waals surface area contributed by atoms with Crippen molar-refractivity contribution in [3.63, 3.8) is 0 Å². The largest absolute Gasteiger partial charge is 0.328 e. The van der Waals surface area contributed by atoms with E-state index in [0.717, 1.165) is 17.5 Å². The van der Waals surface area contributed by atoms with Crippen LogP contribution >= 0.6 is 0 Å². The van der Waals surface area contributed by atoms with Crippen molar-refractivity contribution < 1.29 is 8.42 Å². The maximum Gasteiger partial charge on any atom is 0.179 e. The smallest absolute Gasteiger partial charge is 0.179 e. The minimum atomic E-state index is -3.03. The summed E-state index contributed by atoms with van der Waals surface area (Å²) >= 11 is 0. The SMILES string of the molecule is CC(N)Cc1ccc2c(c1)C(C)CS2(=O)=O. The van der Waals surface area contributed by atoms with Crippen molar-refractivity contribution in [3.8, 4) is 0 Å². The number of hydrogen-bond acceptors (Lipinski definition) is 3. The first kappa shape index (κ1) is 11.6. The van der Waals surface area contributed by atoms with Gasteiger partial charge in [-0.2, -0.15) is 0 Å². The maximum atomic E-state index is 11.8. The summed E-state index contributed by atoms with van der Waals surface area (Å²) in [5, 5.41) is 0. The summed E-state index contributed by atoms with van der Waals surface area (Å²) in [7, 11) is -3.03. The Kier molecular flexibility index (Phi) is 2.80. The van der Waals surface area contributed by atoms with E-state index in [4.69, 9.17) is 5.73 Å². The highest BCUT2D eigenvalue weighted by Crippen LogP contribution is 2.35. The van der Waals surface area contributed by atoms with Crippen LogP contribution in [0.4, 0.5) is 0 Å². The van der Waals surface area contributed by atoms with Gasteiger partial charge in [0.05, 0.1) is 10.6 Å². The van der Waals surface area contributed by atoms with Crippen LogP contribution in [-0.4, -0.2) is 20.2 Å². The second-order valence-electron chi connectivity index (χ2n) is 4.74. The first-order chi connectivity index (χ1) is 7.40. The topological polar surface area (TPSA) is 60.2 Å². The molecule has 1 aromatic carbocycles. The summed E-state index contributed by atoms with van der Waals surface area (Å²) < 4.78 is 23.5. The summed E-state index contributed by atoms with van der Waals surface area (Å²) in [5.74, 6) is 0.345. The molecule has 0 amide bonds. The number of sulfone groups is 1. The van der Waals surface area contributed by atoms with E-state index in [1.165, 1.54) is 0 Å². The highest BCUT2D eigenvalue weighted by molar-refractivity contribution is 7.91. The first-order valence-electron chi connectivity index (χ1n) is 5.51. The van der Waals surface area contributed by atoms with Gasteiger partial charge in [0.2, 0.25) is 0 Å². The van der Waals surface area contributed by atoms with Crippen LogP contribution in [0.2, 0.25) is 0 Å². The number of rotatable bonds is 2. The molecule has 2 atom stereocenters. The van der Waals surface area contributed by atoms with E-state index in [-0.39, 0.29) is 17.7 Å². The van der Waals surface area contributed by atoms with E-state index < -0.39 is 9.84 Å². The van der Waals surface area contributed by atoms with Gasteiger partial charge < -0.3 is 5.73 Å². The maximum absolute atomic E-state index is 11.8. The van der Waals surface area contributed by atoms with Gasteiger partial charge in [0, 0.05) is 6.04 Å². The highest BCUT2D eigenvalue weighted by atomic mass is 32.2. The van der Waals surface area contributed by atoms with Crippen molar-refractivity contribution in [1.29, 1.82) is 0 Å². The van der Waals surface area contributed by atoms with E-state index in [1.54, 1.807) is 6.07 Å². The molecule has 2 unspecified atom stereocenters. The predicted octanol–water partition coefficient (Wildman–Crippen LogP) is 1.47. The van der Waals surface area contributed by atoms with Crippen LogP contribution in [0.5, 0.6) is 0 Å². The van der Waals surface area contributed by atoms with E-state index in [1.807, 2.05) is 26.0 Å². The molecule has 2 rings (SSSR count). The molecule has 1 aliphatic heterocycles. The quantitative estimate of drug-likeness (QED) is 0.850. The van der Waals surface area contributed by atoms with Crippen molar-refractivity contribution in [2.45, 2.75) is 37.1 Å². The summed E-state index contributed by atoms with van der Waals surface area (Å²) in [6.07, 6.45) is 0.792. The zero-order valence-electron chi connectivity index (χ0n) is 9.60. The molecular weight excluding hydrogens is 222 g/mol. The Bertz CT molecular complexity index is 506. The minimum Gasteiger partial charge on any atom is -0.328 e. The van der Waals surface area contributed by atoms with Crippen LogP contribution in [0.1, 0.15) is 30.9 Å². The summed E-state index contributed by atoms with van der Waals surface area (Å²) in [6.45, 7) is 3.91. The zero-order chi connectivity index (χ0) is 11.9. The van der Waals surface area contributed by atoms with Gasteiger partial charge in [-0.05, 0) is 36.5 Å². The number of nitrogens with two attached hydrogens (primary N) is 1. The monoisotopic (exact) mass is 239 g/mol. The predicted molar refractivity (Wildman–Crippen MR) is 64.3 cm³/mol. The van der Waals surface area contributed by atoms with Crippen LogP contribution in [0.3, 0.4) is 0 Å². The average molecular weight is 239 g/mol. The van der Waals surface area contributed by atoms with E-state index in [0.29, 0.717) is 4.90 Å². The van der Waals surface area contributed by atoms with Crippen molar-refractivity contribution in [1.82, 2.24) is 0 Å². The standard InChI is InChI=1S/C12H17NO2S/c1-8-7-16(14,15)12-4-3-10(5-9(2)13)6-11(8)12/h3-4,6,8-9H,5,7,13H2,1-2H3. The van der Waals surface area contributed by atoms with E-state index in [2.05, 4.69) is 0 Å². The summed E-state index contributed by atoms with van der Waals surface area (Å²) in [6, 6.07) is 5.70. The third-order valence-corrected chi connectivity index (χ3v) is 4.95. The third kappa shape index (κ3) is 1.99. The Morgan fingerprint density at radius 2 is 2.19 bits per heavy atom. The second-order valence-corrected chi connectivity index (χ2v) is 6.74. The Balaban J connectivity index is 2.45. The second kappa shape index (κ2) is 3.86. The molecule has 2 N–H and O–H groups in total. The van der Waals surface area contributed by atoms with Gasteiger partial charge in [0.25, 0.3) is 0 Å². The van der Waals surface area contributed by atoms with Gasteiger partial charge in [-0.15, -0.1) is 0 Å². The fraction of sp³-hybridized carbons (Fsp3) is 0.500. The molecule has 0 aliphatic carbocycles. The van der Waals surface area contributed by atoms with E-state index >= 15 is 0 Å². The molecular formula is C12H17NO2S. The molecule has 4 heteroatoms. The van der Waals surface area contributed by atoms with Crippen LogP contribution in [0, 0.1) is 0 Å². The van der Waals surface area contributed by atoms with Gasteiger partial charge >= 0.3 is 0 Å². The molecule has 0 spiro atoms. The van der Waals surface area contributed by atoms with Crippen LogP contribution < -0.4 is 5.73 Å². The lowest BCUT2D eigenvalue weighted by Gasteiger charge is -2.08. The van der Waals surface area contributed by atoms with Gasteiger partial charge in [-0.25, -0.2) is 8.42 Å². The fourth-order valence-electron chi connectivity index (χ4n) is 2.27. The molecule has 1 aromatic rings. The lowest BCUT2D eigenvalue weighted by Crippen LogP contribution is -2.17. The summed E-state index contributed by atoms with van der Waals surface area (Å²) in [4.78, 5) is 0.508. The molecule has 0 bridgehead atoms.